The van der Waals surface area contributed by atoms with Crippen LogP contribution in [0.3, 0.4) is 0 Å². The van der Waals surface area contributed by atoms with Gasteiger partial charge in [0.2, 0.25) is 5.75 Å². The van der Waals surface area contributed by atoms with Crippen LogP contribution in [0.25, 0.3) is 0 Å². The van der Waals surface area contributed by atoms with E-state index in [4.69, 9.17) is 11.6 Å². The molecule has 0 aliphatic carbocycles. The molecule has 2 N–H and O–H groups in total. The predicted octanol–water partition coefficient (Wildman–Crippen LogP) is 2.63. The average molecular weight is 344 g/mol. The van der Waals surface area contributed by atoms with E-state index in [2.05, 4.69) is 0 Å². The minimum absolute atomic E-state index is 0.354. The molecule has 116 valence electrons. The Kier molecular flexibility index (Phi) is 4.25. The van der Waals surface area contributed by atoms with E-state index in [9.17, 15) is 28.7 Å². The third kappa shape index (κ3) is 3.29. The van der Waals surface area contributed by atoms with Gasteiger partial charge in [-0.25, -0.2) is 8.42 Å². The predicted molar refractivity (Wildman–Crippen MR) is 78.8 cm³/mol. The van der Waals surface area contributed by atoms with E-state index in [1.165, 1.54) is 12.1 Å². The Balaban J connectivity index is 2.48. The average Bonchev–Trinajstić information content (AvgIpc) is 2.40. The maximum absolute atomic E-state index is 12.3. The van der Waals surface area contributed by atoms with E-state index in [1.54, 1.807) is 12.1 Å². The third-order valence-electron chi connectivity index (χ3n) is 2.84. The first kappa shape index (κ1) is 16.1. The molecule has 2 rings (SSSR count). The van der Waals surface area contributed by atoms with Gasteiger partial charge in [-0.1, -0.05) is 23.7 Å². The summed E-state index contributed by atoms with van der Waals surface area (Å²) < 4.78 is 24.6. The Morgan fingerprint density at radius 1 is 1.18 bits per heavy atom. The molecule has 2 aromatic rings. The topological polar surface area (TPSA) is 118 Å². The molecule has 0 amide bonds. The Hall–Kier alpha value is -2.32. The van der Waals surface area contributed by atoms with Crippen LogP contribution < -0.4 is 0 Å². The van der Waals surface area contributed by atoms with Gasteiger partial charge in [-0.05, 0) is 17.7 Å². The molecule has 0 saturated carbocycles. The quantitative estimate of drug-likeness (QED) is 0.500. The summed E-state index contributed by atoms with van der Waals surface area (Å²) in [5, 5.41) is 30.0. The normalized spacial score (nSPS) is 11.3. The second-order valence-corrected chi connectivity index (χ2v) is 6.88. The molecule has 0 spiro atoms. The van der Waals surface area contributed by atoms with Crippen LogP contribution >= 0.6 is 11.6 Å². The van der Waals surface area contributed by atoms with Crippen LogP contribution in [0.15, 0.2) is 41.3 Å². The van der Waals surface area contributed by atoms with Gasteiger partial charge in [0.1, 0.15) is 0 Å². The first-order valence-electron chi connectivity index (χ1n) is 5.88. The monoisotopic (exact) mass is 343 g/mol. The maximum Gasteiger partial charge on any atom is 0.315 e. The summed E-state index contributed by atoms with van der Waals surface area (Å²) in [5.41, 5.74) is -0.493. The number of benzene rings is 2. The number of phenolic OH excluding ortho intramolecular Hbond substituents is 2. The summed E-state index contributed by atoms with van der Waals surface area (Å²) in [5.74, 6) is -2.31. The maximum atomic E-state index is 12.3. The van der Waals surface area contributed by atoms with Crippen molar-refractivity contribution < 1.29 is 23.6 Å². The summed E-state index contributed by atoms with van der Waals surface area (Å²) in [7, 11) is -3.96. The van der Waals surface area contributed by atoms with Crippen molar-refractivity contribution in [2.24, 2.45) is 0 Å². The summed E-state index contributed by atoms with van der Waals surface area (Å²) >= 11 is 5.78. The molecule has 0 aliphatic rings. The molecule has 9 heteroatoms. The molecule has 0 radical (unpaired) electrons. The number of rotatable bonds is 4. The molecule has 7 nitrogen and oxygen atoms in total. The lowest BCUT2D eigenvalue weighted by Crippen LogP contribution is -2.06. The molecular formula is C13H10ClNO6S. The highest BCUT2D eigenvalue weighted by Gasteiger charge is 2.25. The molecule has 0 fully saturated rings. The zero-order valence-electron chi connectivity index (χ0n) is 10.9. The zero-order chi connectivity index (χ0) is 16.5. The van der Waals surface area contributed by atoms with E-state index in [0.717, 1.165) is 6.07 Å². The van der Waals surface area contributed by atoms with E-state index in [1.807, 2.05) is 0 Å². The van der Waals surface area contributed by atoms with Crippen LogP contribution in [-0.2, 0) is 15.6 Å². The highest BCUT2D eigenvalue weighted by atomic mass is 35.5. The van der Waals surface area contributed by atoms with E-state index < -0.39 is 42.6 Å². The summed E-state index contributed by atoms with van der Waals surface area (Å²) in [6.07, 6.45) is 0. The van der Waals surface area contributed by atoms with Gasteiger partial charge in [0, 0.05) is 17.2 Å². The molecule has 0 heterocycles. The van der Waals surface area contributed by atoms with Gasteiger partial charge in [-0.15, -0.1) is 0 Å². The Labute approximate surface area is 130 Å². The number of nitro benzene ring substituents is 1. The van der Waals surface area contributed by atoms with Gasteiger partial charge < -0.3 is 10.2 Å². The lowest BCUT2D eigenvalue weighted by molar-refractivity contribution is -0.386. The molecule has 0 unspecified atom stereocenters. The van der Waals surface area contributed by atoms with Crippen LogP contribution in [0.5, 0.6) is 11.5 Å². The molecule has 0 bridgehead atoms. The zero-order valence-corrected chi connectivity index (χ0v) is 12.5. The number of nitrogens with zero attached hydrogens (tertiary/aromatic N) is 1. The molecule has 0 saturated heterocycles. The van der Waals surface area contributed by atoms with Crippen LogP contribution in [0, 0.1) is 10.1 Å². The number of hydrogen-bond acceptors (Lipinski definition) is 6. The van der Waals surface area contributed by atoms with Crippen molar-refractivity contribution in [1.29, 1.82) is 0 Å². The number of sulfone groups is 1. The fourth-order valence-electron chi connectivity index (χ4n) is 1.83. The largest absolute Gasteiger partial charge is 0.504 e. The molecule has 0 aliphatic heterocycles. The molecule has 2 aromatic carbocycles. The van der Waals surface area contributed by atoms with Gasteiger partial charge in [0.05, 0.1) is 15.6 Å². The van der Waals surface area contributed by atoms with E-state index >= 15 is 0 Å². The van der Waals surface area contributed by atoms with Gasteiger partial charge in [0.15, 0.2) is 15.6 Å². The lowest BCUT2D eigenvalue weighted by Gasteiger charge is -2.07. The van der Waals surface area contributed by atoms with Crippen molar-refractivity contribution >= 4 is 27.1 Å². The molecule has 0 aromatic heterocycles. The van der Waals surface area contributed by atoms with Crippen molar-refractivity contribution in [3.8, 4) is 11.5 Å². The second kappa shape index (κ2) is 5.82. The minimum Gasteiger partial charge on any atom is -0.504 e. The lowest BCUT2D eigenvalue weighted by atomic mass is 10.2. The highest BCUT2D eigenvalue weighted by Crippen LogP contribution is 2.38. The third-order valence-corrected chi connectivity index (χ3v) is 4.75. The minimum atomic E-state index is -3.96. The van der Waals surface area contributed by atoms with Gasteiger partial charge in [-0.2, -0.15) is 0 Å². The van der Waals surface area contributed by atoms with Crippen LogP contribution in [-0.4, -0.2) is 23.6 Å². The molecule has 22 heavy (non-hydrogen) atoms. The van der Waals surface area contributed by atoms with Gasteiger partial charge >= 0.3 is 5.69 Å². The van der Waals surface area contributed by atoms with E-state index in [-0.39, 0.29) is 0 Å². The van der Waals surface area contributed by atoms with Crippen molar-refractivity contribution in [3.05, 3.63) is 57.1 Å². The summed E-state index contributed by atoms with van der Waals surface area (Å²) in [4.78, 5) is 9.34. The first-order chi connectivity index (χ1) is 10.2. The van der Waals surface area contributed by atoms with Crippen molar-refractivity contribution in [2.45, 2.75) is 10.6 Å². The van der Waals surface area contributed by atoms with Crippen molar-refractivity contribution in [3.63, 3.8) is 0 Å². The molecule has 0 atom stereocenters. The van der Waals surface area contributed by atoms with Crippen LogP contribution in [0.2, 0.25) is 5.02 Å². The van der Waals surface area contributed by atoms with E-state index in [0.29, 0.717) is 16.7 Å². The summed E-state index contributed by atoms with van der Waals surface area (Å²) in [6, 6.07) is 7.61. The standard InChI is InChI=1S/C13H10ClNO6S/c14-9-3-1-2-8(4-9)7-22(20,21)10-5-11(15(18)19)13(17)12(16)6-10/h1-6,16-17H,7H2. The fraction of sp³-hybridized carbons (Fsp3) is 0.0769. The number of halogens is 1. The van der Waals surface area contributed by atoms with Crippen molar-refractivity contribution in [2.75, 3.05) is 0 Å². The smallest absolute Gasteiger partial charge is 0.315 e. The number of hydrogen-bond donors (Lipinski definition) is 2. The second-order valence-electron chi connectivity index (χ2n) is 4.46. The number of nitro groups is 1. The molecular weight excluding hydrogens is 334 g/mol. The Bertz CT molecular complexity index is 850. The Morgan fingerprint density at radius 3 is 2.45 bits per heavy atom. The van der Waals surface area contributed by atoms with Gasteiger partial charge in [-0.3, -0.25) is 10.1 Å². The Morgan fingerprint density at radius 2 is 1.86 bits per heavy atom. The SMILES string of the molecule is O=[N+]([O-])c1cc(S(=O)(=O)Cc2cccc(Cl)c2)cc(O)c1O. The summed E-state index contributed by atoms with van der Waals surface area (Å²) in [6.45, 7) is 0. The highest BCUT2D eigenvalue weighted by molar-refractivity contribution is 7.90. The van der Waals surface area contributed by atoms with Crippen LogP contribution in [0.4, 0.5) is 5.69 Å². The fourth-order valence-corrected chi connectivity index (χ4v) is 3.41. The van der Waals surface area contributed by atoms with Gasteiger partial charge in [0.25, 0.3) is 0 Å². The number of aromatic hydroxyl groups is 2. The van der Waals surface area contributed by atoms with Crippen LogP contribution in [0.1, 0.15) is 5.56 Å². The van der Waals surface area contributed by atoms with Crippen molar-refractivity contribution in [1.82, 2.24) is 0 Å². The first-order valence-corrected chi connectivity index (χ1v) is 7.91. The number of phenols is 2.